The fraction of sp³-hybridized carbons (Fsp3) is 0.733. The van der Waals surface area contributed by atoms with Crippen LogP contribution in [-0.2, 0) is 6.54 Å². The minimum Gasteiger partial charge on any atom is -0.348 e. The van der Waals surface area contributed by atoms with E-state index < -0.39 is 0 Å². The molecule has 5 atom stereocenters. The zero-order chi connectivity index (χ0) is 13.7. The Morgan fingerprint density at radius 2 is 2.14 bits per heavy atom. The molecule has 4 rings (SSSR count). The number of rotatable bonds is 3. The lowest BCUT2D eigenvalue weighted by Crippen LogP contribution is -2.42. The number of amides is 1. The van der Waals surface area contributed by atoms with Gasteiger partial charge in [-0.3, -0.25) is 4.79 Å². The molecular weight excluding hydrogens is 306 g/mol. The summed E-state index contributed by atoms with van der Waals surface area (Å²) in [5.41, 5.74) is 6.09. The van der Waals surface area contributed by atoms with E-state index in [9.17, 15) is 4.79 Å². The smallest absolute Gasteiger partial charge is 0.270 e. The Morgan fingerprint density at radius 1 is 1.33 bits per heavy atom. The van der Waals surface area contributed by atoms with Crippen LogP contribution >= 0.6 is 23.7 Å². The average molecular weight is 328 g/mol. The normalized spacial score (nSPS) is 36.3. The maximum absolute atomic E-state index is 12.3. The van der Waals surface area contributed by atoms with Crippen LogP contribution in [0.25, 0.3) is 0 Å². The molecule has 21 heavy (non-hydrogen) atoms. The lowest BCUT2D eigenvalue weighted by molar-refractivity contribution is 0.0896. The molecule has 0 aliphatic heterocycles. The highest BCUT2D eigenvalue weighted by Crippen LogP contribution is 2.58. The third kappa shape index (κ3) is 2.49. The van der Waals surface area contributed by atoms with Gasteiger partial charge in [-0.2, -0.15) is 0 Å². The Balaban J connectivity index is 0.00000132. The van der Waals surface area contributed by atoms with Crippen molar-refractivity contribution in [2.45, 2.75) is 44.7 Å². The highest BCUT2D eigenvalue weighted by Gasteiger charge is 2.54. The van der Waals surface area contributed by atoms with Gasteiger partial charge in [0.2, 0.25) is 0 Å². The SMILES string of the molecule is Cl.NCc1nc(C(=O)NC2CC3CC2C2CCCC32)cs1. The largest absolute Gasteiger partial charge is 0.348 e. The molecule has 1 amide bonds. The van der Waals surface area contributed by atoms with E-state index in [2.05, 4.69) is 10.3 Å². The van der Waals surface area contributed by atoms with Gasteiger partial charge < -0.3 is 11.1 Å². The summed E-state index contributed by atoms with van der Waals surface area (Å²) >= 11 is 1.47. The van der Waals surface area contributed by atoms with Crippen molar-refractivity contribution < 1.29 is 4.79 Å². The fourth-order valence-electron chi connectivity index (χ4n) is 4.99. The van der Waals surface area contributed by atoms with E-state index in [4.69, 9.17) is 5.73 Å². The highest BCUT2D eigenvalue weighted by molar-refractivity contribution is 7.09. The Kier molecular flexibility index (Phi) is 4.26. The summed E-state index contributed by atoms with van der Waals surface area (Å²) in [5, 5.41) is 5.90. The van der Waals surface area contributed by atoms with Gasteiger partial charge >= 0.3 is 0 Å². The Hall–Kier alpha value is -0.650. The second kappa shape index (κ2) is 5.86. The predicted octanol–water partition coefficient (Wildman–Crippen LogP) is 2.58. The van der Waals surface area contributed by atoms with Crippen molar-refractivity contribution in [2.75, 3.05) is 0 Å². The first-order chi connectivity index (χ1) is 9.76. The molecule has 0 spiro atoms. The molecule has 1 heterocycles. The number of halogens is 1. The zero-order valence-electron chi connectivity index (χ0n) is 12.0. The molecule has 0 saturated heterocycles. The lowest BCUT2D eigenvalue weighted by Gasteiger charge is -2.31. The number of aromatic nitrogens is 1. The minimum atomic E-state index is -0.00644. The van der Waals surface area contributed by atoms with Crippen LogP contribution in [0.1, 0.15) is 47.6 Å². The fourth-order valence-corrected chi connectivity index (χ4v) is 5.64. The van der Waals surface area contributed by atoms with Crippen LogP contribution in [-0.4, -0.2) is 16.9 Å². The molecule has 0 radical (unpaired) electrons. The van der Waals surface area contributed by atoms with Gasteiger partial charge in [0.25, 0.3) is 5.91 Å². The molecule has 0 aromatic carbocycles. The highest BCUT2D eigenvalue weighted by atomic mass is 35.5. The third-order valence-electron chi connectivity index (χ3n) is 5.70. The van der Waals surface area contributed by atoms with Crippen molar-refractivity contribution >= 4 is 29.7 Å². The zero-order valence-corrected chi connectivity index (χ0v) is 13.6. The number of fused-ring (bicyclic) bond motifs is 5. The van der Waals surface area contributed by atoms with Crippen molar-refractivity contribution in [3.63, 3.8) is 0 Å². The molecular formula is C15H22ClN3OS. The van der Waals surface area contributed by atoms with Crippen LogP contribution < -0.4 is 11.1 Å². The van der Waals surface area contributed by atoms with E-state index in [0.717, 1.165) is 28.7 Å². The third-order valence-corrected chi connectivity index (χ3v) is 6.58. The van der Waals surface area contributed by atoms with Crippen LogP contribution in [0.3, 0.4) is 0 Å². The average Bonchev–Trinajstić information content (AvgIpc) is 3.19. The molecule has 3 saturated carbocycles. The summed E-state index contributed by atoms with van der Waals surface area (Å²) in [6.45, 7) is 0.413. The van der Waals surface area contributed by atoms with Gasteiger partial charge in [0.1, 0.15) is 10.7 Å². The molecule has 6 heteroatoms. The number of nitrogens with two attached hydrogens (primary N) is 1. The van der Waals surface area contributed by atoms with Crippen molar-refractivity contribution in [3.8, 4) is 0 Å². The Labute approximate surface area is 135 Å². The second-order valence-corrected chi connectivity index (χ2v) is 7.51. The van der Waals surface area contributed by atoms with Crippen molar-refractivity contribution in [1.82, 2.24) is 10.3 Å². The molecule has 116 valence electrons. The maximum atomic E-state index is 12.3. The summed E-state index contributed by atoms with van der Waals surface area (Å²) in [7, 11) is 0. The van der Waals surface area contributed by atoms with E-state index in [0.29, 0.717) is 18.3 Å². The molecule has 3 N–H and O–H groups in total. The van der Waals surface area contributed by atoms with Crippen LogP contribution in [0.4, 0.5) is 0 Å². The van der Waals surface area contributed by atoms with Gasteiger partial charge in [0.15, 0.2) is 0 Å². The van der Waals surface area contributed by atoms with Gasteiger partial charge in [0, 0.05) is 18.0 Å². The Bertz CT molecular complexity index is 535. The lowest BCUT2D eigenvalue weighted by atomic mass is 9.79. The number of nitrogens with zero attached hydrogens (tertiary/aromatic N) is 1. The van der Waals surface area contributed by atoms with E-state index >= 15 is 0 Å². The van der Waals surface area contributed by atoms with Gasteiger partial charge in [0.05, 0.1) is 0 Å². The second-order valence-electron chi connectivity index (χ2n) is 6.56. The topological polar surface area (TPSA) is 68.0 Å². The first-order valence-corrected chi connectivity index (χ1v) is 8.59. The minimum absolute atomic E-state index is 0. The van der Waals surface area contributed by atoms with E-state index in [1.807, 2.05) is 5.38 Å². The van der Waals surface area contributed by atoms with Crippen LogP contribution in [0.15, 0.2) is 5.38 Å². The summed E-state index contributed by atoms with van der Waals surface area (Å²) in [5.74, 6) is 3.44. The molecule has 5 unspecified atom stereocenters. The molecule has 3 aliphatic carbocycles. The summed E-state index contributed by atoms with van der Waals surface area (Å²) in [4.78, 5) is 16.6. The Morgan fingerprint density at radius 3 is 2.90 bits per heavy atom. The van der Waals surface area contributed by atoms with Crippen molar-refractivity contribution in [2.24, 2.45) is 29.4 Å². The van der Waals surface area contributed by atoms with Gasteiger partial charge in [-0.1, -0.05) is 6.42 Å². The first-order valence-electron chi connectivity index (χ1n) is 7.71. The van der Waals surface area contributed by atoms with Gasteiger partial charge in [-0.15, -0.1) is 23.7 Å². The number of thiazole rings is 1. The van der Waals surface area contributed by atoms with E-state index in [1.54, 1.807) is 0 Å². The van der Waals surface area contributed by atoms with Gasteiger partial charge in [-0.25, -0.2) is 4.98 Å². The van der Waals surface area contributed by atoms with Crippen molar-refractivity contribution in [1.29, 1.82) is 0 Å². The predicted molar refractivity (Wildman–Crippen MR) is 85.6 cm³/mol. The monoisotopic (exact) mass is 327 g/mol. The molecule has 1 aromatic heterocycles. The van der Waals surface area contributed by atoms with Crippen molar-refractivity contribution in [3.05, 3.63) is 16.1 Å². The molecule has 1 aromatic rings. The molecule has 4 nitrogen and oxygen atoms in total. The number of carbonyl (C=O) groups is 1. The van der Waals surface area contributed by atoms with Crippen LogP contribution in [0.2, 0.25) is 0 Å². The molecule has 2 bridgehead atoms. The number of hydrogen-bond donors (Lipinski definition) is 2. The maximum Gasteiger partial charge on any atom is 0.270 e. The van der Waals surface area contributed by atoms with Crippen LogP contribution in [0, 0.1) is 23.7 Å². The van der Waals surface area contributed by atoms with E-state index in [-0.39, 0.29) is 18.3 Å². The van der Waals surface area contributed by atoms with Crippen LogP contribution in [0.5, 0.6) is 0 Å². The summed E-state index contributed by atoms with van der Waals surface area (Å²) in [6, 6.07) is 0.384. The summed E-state index contributed by atoms with van der Waals surface area (Å²) < 4.78 is 0. The quantitative estimate of drug-likeness (QED) is 0.896. The number of hydrogen-bond acceptors (Lipinski definition) is 4. The standard InChI is InChI=1S/C15H21N3OS.ClH/c16-6-14-17-13(7-20-14)15(19)18-12-5-8-4-11(12)10-3-1-2-9(8)10;/h7-12H,1-6,16H2,(H,18,19);1H. The molecule has 3 aliphatic rings. The first kappa shape index (κ1) is 15.3. The van der Waals surface area contributed by atoms with E-state index in [1.165, 1.54) is 43.4 Å². The molecule has 3 fully saturated rings. The number of carbonyl (C=O) groups excluding carboxylic acids is 1. The number of nitrogens with one attached hydrogen (secondary N) is 1. The summed E-state index contributed by atoms with van der Waals surface area (Å²) in [6.07, 6.45) is 6.73. The van der Waals surface area contributed by atoms with Gasteiger partial charge in [-0.05, 0) is 49.4 Å².